The van der Waals surface area contributed by atoms with Gasteiger partial charge >= 0.3 is 6.09 Å². The van der Waals surface area contributed by atoms with Gasteiger partial charge < -0.3 is 24.2 Å². The van der Waals surface area contributed by atoms with Crippen molar-refractivity contribution < 1.29 is 28.7 Å². The van der Waals surface area contributed by atoms with Gasteiger partial charge in [-0.2, -0.15) is 0 Å². The Morgan fingerprint density at radius 1 is 1.00 bits per heavy atom. The molecule has 0 aromatic heterocycles. The van der Waals surface area contributed by atoms with Crippen molar-refractivity contribution in [2.24, 2.45) is 5.92 Å². The summed E-state index contributed by atoms with van der Waals surface area (Å²) >= 11 is 0. The fraction of sp³-hybridized carbons (Fsp3) is 0.655. The Balaban J connectivity index is 0.00000172. The van der Waals surface area contributed by atoms with E-state index in [1.54, 1.807) is 9.80 Å². The number of rotatable bonds is 6. The molecule has 10 nitrogen and oxygen atoms in total. The van der Waals surface area contributed by atoms with Crippen molar-refractivity contribution in [2.45, 2.75) is 78.0 Å². The number of amides is 4. The molecule has 1 atom stereocenters. The fourth-order valence-electron chi connectivity index (χ4n) is 5.81. The SMILES string of the molecule is CC.CCOC(=O)N1CCC(OCC2CCN(c3ccc4c(c3)CN(C3CCC(=O)NC3=O)C4=O)CC2)CC1. The van der Waals surface area contributed by atoms with Gasteiger partial charge in [-0.3, -0.25) is 19.7 Å². The summed E-state index contributed by atoms with van der Waals surface area (Å²) in [5, 5.41) is 2.35. The van der Waals surface area contributed by atoms with Gasteiger partial charge in [0.1, 0.15) is 6.04 Å². The first-order valence-electron chi connectivity index (χ1n) is 14.5. The summed E-state index contributed by atoms with van der Waals surface area (Å²) in [5.74, 6) is -0.286. The molecule has 3 fully saturated rings. The first-order valence-corrected chi connectivity index (χ1v) is 14.5. The number of piperidine rings is 3. The quantitative estimate of drug-likeness (QED) is 0.550. The fourth-order valence-corrected chi connectivity index (χ4v) is 5.81. The predicted octanol–water partition coefficient (Wildman–Crippen LogP) is 3.33. The second-order valence-electron chi connectivity index (χ2n) is 10.4. The summed E-state index contributed by atoms with van der Waals surface area (Å²) in [6.45, 7) is 10.6. The molecule has 214 valence electrons. The number of hydrogen-bond donors (Lipinski definition) is 1. The number of hydrogen-bond acceptors (Lipinski definition) is 7. The van der Waals surface area contributed by atoms with Gasteiger partial charge in [0.05, 0.1) is 12.7 Å². The Hall–Kier alpha value is -3.14. The maximum atomic E-state index is 12.9. The Bertz CT molecular complexity index is 1050. The van der Waals surface area contributed by atoms with Gasteiger partial charge in [0.2, 0.25) is 11.8 Å². The molecule has 5 rings (SSSR count). The highest BCUT2D eigenvalue weighted by Gasteiger charge is 2.39. The highest BCUT2D eigenvalue weighted by Crippen LogP contribution is 2.32. The smallest absolute Gasteiger partial charge is 0.409 e. The molecule has 4 aliphatic heterocycles. The van der Waals surface area contributed by atoms with Crippen molar-refractivity contribution in [2.75, 3.05) is 44.3 Å². The highest BCUT2D eigenvalue weighted by atomic mass is 16.6. The molecule has 4 heterocycles. The van der Waals surface area contributed by atoms with Crippen molar-refractivity contribution in [1.82, 2.24) is 15.1 Å². The van der Waals surface area contributed by atoms with E-state index in [1.165, 1.54) is 0 Å². The van der Waals surface area contributed by atoms with Crippen molar-refractivity contribution in [3.8, 4) is 0 Å². The number of nitrogens with one attached hydrogen (secondary N) is 1. The molecular formula is C29H42N4O6. The largest absolute Gasteiger partial charge is 0.450 e. The monoisotopic (exact) mass is 542 g/mol. The van der Waals surface area contributed by atoms with Crippen LogP contribution in [0, 0.1) is 5.92 Å². The van der Waals surface area contributed by atoms with E-state index in [1.807, 2.05) is 32.9 Å². The lowest BCUT2D eigenvalue weighted by Crippen LogP contribution is -2.52. The maximum absolute atomic E-state index is 12.9. The van der Waals surface area contributed by atoms with Crippen LogP contribution in [0.4, 0.5) is 10.5 Å². The van der Waals surface area contributed by atoms with Crippen LogP contribution in [0.1, 0.15) is 75.2 Å². The zero-order valence-electron chi connectivity index (χ0n) is 23.4. The number of nitrogens with zero attached hydrogens (tertiary/aromatic N) is 3. The number of likely N-dealkylation sites (tertiary alicyclic amines) is 1. The third kappa shape index (κ3) is 6.72. The molecule has 0 spiro atoms. The van der Waals surface area contributed by atoms with Crippen LogP contribution in [0.5, 0.6) is 0 Å². The molecule has 1 aromatic carbocycles. The average molecular weight is 543 g/mol. The zero-order chi connectivity index (χ0) is 27.9. The van der Waals surface area contributed by atoms with Crippen LogP contribution in [-0.4, -0.2) is 85.2 Å². The Labute approximate surface area is 231 Å². The summed E-state index contributed by atoms with van der Waals surface area (Å²) in [6, 6.07) is 5.36. The summed E-state index contributed by atoms with van der Waals surface area (Å²) in [6.07, 6.45) is 4.38. The van der Waals surface area contributed by atoms with Crippen LogP contribution in [0.3, 0.4) is 0 Å². The van der Waals surface area contributed by atoms with Crippen molar-refractivity contribution >= 4 is 29.5 Å². The second kappa shape index (κ2) is 13.3. The van der Waals surface area contributed by atoms with Gasteiger partial charge in [-0.05, 0) is 68.7 Å². The van der Waals surface area contributed by atoms with E-state index in [-0.39, 0.29) is 36.3 Å². The molecule has 1 aromatic rings. The molecular weight excluding hydrogens is 500 g/mol. The minimum Gasteiger partial charge on any atom is -0.450 e. The van der Waals surface area contributed by atoms with Crippen LogP contribution in [-0.2, 0) is 25.6 Å². The molecule has 0 aliphatic carbocycles. The zero-order valence-corrected chi connectivity index (χ0v) is 23.4. The number of anilines is 1. The van der Waals surface area contributed by atoms with E-state index >= 15 is 0 Å². The first kappa shape index (κ1) is 28.9. The molecule has 10 heteroatoms. The maximum Gasteiger partial charge on any atom is 0.409 e. The number of benzene rings is 1. The number of imide groups is 1. The van der Waals surface area contributed by atoms with E-state index in [9.17, 15) is 19.2 Å². The van der Waals surface area contributed by atoms with E-state index in [4.69, 9.17) is 9.47 Å². The Kier molecular flexibility index (Phi) is 9.83. The molecule has 0 bridgehead atoms. The van der Waals surface area contributed by atoms with Gasteiger partial charge in [0.25, 0.3) is 5.91 Å². The third-order valence-electron chi connectivity index (χ3n) is 8.02. The lowest BCUT2D eigenvalue weighted by Gasteiger charge is -2.35. The van der Waals surface area contributed by atoms with E-state index in [0.717, 1.165) is 56.6 Å². The van der Waals surface area contributed by atoms with Crippen molar-refractivity contribution in [1.29, 1.82) is 0 Å². The topological polar surface area (TPSA) is 108 Å². The number of fused-ring (bicyclic) bond motifs is 1. The molecule has 0 radical (unpaired) electrons. The van der Waals surface area contributed by atoms with Gasteiger partial charge in [-0.1, -0.05) is 13.8 Å². The lowest BCUT2D eigenvalue weighted by atomic mass is 9.96. The minimum absolute atomic E-state index is 0.139. The van der Waals surface area contributed by atoms with Crippen molar-refractivity contribution in [3.05, 3.63) is 29.3 Å². The minimum atomic E-state index is -0.589. The van der Waals surface area contributed by atoms with E-state index < -0.39 is 6.04 Å². The average Bonchev–Trinajstić information content (AvgIpc) is 3.29. The first-order chi connectivity index (χ1) is 18.9. The van der Waals surface area contributed by atoms with E-state index in [2.05, 4.69) is 16.3 Å². The van der Waals surface area contributed by atoms with Gasteiger partial charge in [0, 0.05) is 57.0 Å². The molecule has 0 saturated carbocycles. The normalized spacial score (nSPS) is 22.3. The Morgan fingerprint density at radius 3 is 2.38 bits per heavy atom. The summed E-state index contributed by atoms with van der Waals surface area (Å²) in [5.41, 5.74) is 2.68. The van der Waals surface area contributed by atoms with Gasteiger partial charge in [-0.25, -0.2) is 4.79 Å². The number of ether oxygens (including phenoxy) is 2. The molecule has 4 amide bonds. The summed E-state index contributed by atoms with van der Waals surface area (Å²) < 4.78 is 11.3. The number of carbonyl (C=O) groups is 4. The molecule has 1 unspecified atom stereocenters. The highest BCUT2D eigenvalue weighted by molar-refractivity contribution is 6.05. The standard InChI is InChI=1S/C27H36N4O6.C2H6/c1-2-36-27(35)30-13-9-21(10-14-30)37-17-18-7-11-29(12-8-18)20-3-4-22-19(15-20)16-31(26(22)34)23-5-6-24(32)28-25(23)33;1-2/h3-4,15,18,21,23H,2,5-14,16-17H2,1H3,(H,28,32,33);1-2H3. The molecule has 1 N–H and O–H groups in total. The second-order valence-corrected chi connectivity index (χ2v) is 10.4. The molecule has 3 saturated heterocycles. The van der Waals surface area contributed by atoms with Crippen LogP contribution < -0.4 is 10.2 Å². The van der Waals surface area contributed by atoms with Crippen LogP contribution in [0.15, 0.2) is 18.2 Å². The number of carbonyl (C=O) groups excluding carboxylic acids is 4. The van der Waals surface area contributed by atoms with E-state index in [0.29, 0.717) is 44.1 Å². The third-order valence-corrected chi connectivity index (χ3v) is 8.02. The molecule has 4 aliphatic rings. The van der Waals surface area contributed by atoms with Crippen LogP contribution >= 0.6 is 0 Å². The predicted molar refractivity (Wildman–Crippen MR) is 146 cm³/mol. The Morgan fingerprint density at radius 2 is 1.72 bits per heavy atom. The summed E-state index contributed by atoms with van der Waals surface area (Å²) in [7, 11) is 0. The van der Waals surface area contributed by atoms with Crippen LogP contribution in [0.2, 0.25) is 0 Å². The molecule has 39 heavy (non-hydrogen) atoms. The van der Waals surface area contributed by atoms with Gasteiger partial charge in [0.15, 0.2) is 0 Å². The lowest BCUT2D eigenvalue weighted by molar-refractivity contribution is -0.136. The van der Waals surface area contributed by atoms with Crippen LogP contribution in [0.25, 0.3) is 0 Å². The van der Waals surface area contributed by atoms with Crippen molar-refractivity contribution in [3.63, 3.8) is 0 Å². The summed E-state index contributed by atoms with van der Waals surface area (Å²) in [4.78, 5) is 54.3. The van der Waals surface area contributed by atoms with Gasteiger partial charge in [-0.15, -0.1) is 0 Å².